The van der Waals surface area contributed by atoms with Gasteiger partial charge in [-0.05, 0) is 20.0 Å². The lowest BCUT2D eigenvalue weighted by Gasteiger charge is -1.94. The zero-order valence-corrected chi connectivity index (χ0v) is 5.03. The zero-order valence-electron chi connectivity index (χ0n) is 5.03. The van der Waals surface area contributed by atoms with Gasteiger partial charge in [0.15, 0.2) is 0 Å². The fraction of sp³-hybridized carbons (Fsp3) is 1.00. The lowest BCUT2D eigenvalue weighted by molar-refractivity contribution is 0.195. The van der Waals surface area contributed by atoms with Gasteiger partial charge in [0, 0.05) is 13.7 Å². The molecule has 0 radical (unpaired) electrons. The van der Waals surface area contributed by atoms with Crippen LogP contribution in [0, 0.1) is 0 Å². The van der Waals surface area contributed by atoms with Crippen LogP contribution in [0.15, 0.2) is 0 Å². The second kappa shape index (κ2) is 5.92. The van der Waals surface area contributed by atoms with Gasteiger partial charge in [-0.1, -0.05) is 0 Å². The second-order valence-corrected chi connectivity index (χ2v) is 1.45. The summed E-state index contributed by atoms with van der Waals surface area (Å²) in [7, 11) is 3.66. The molecular formula is C5H13NO. The number of hydrogen-bond donors (Lipinski definition) is 1. The molecule has 0 bridgehead atoms. The molecule has 0 heterocycles. The Morgan fingerprint density at radius 2 is 2.29 bits per heavy atom. The molecule has 0 saturated heterocycles. The first kappa shape index (κ1) is 6.92. The molecule has 0 rings (SSSR count). The van der Waals surface area contributed by atoms with E-state index < -0.39 is 0 Å². The zero-order chi connectivity index (χ0) is 5.54. The van der Waals surface area contributed by atoms with Crippen molar-refractivity contribution in [2.24, 2.45) is 0 Å². The Bertz CT molecular complexity index is 27.3. The van der Waals surface area contributed by atoms with Gasteiger partial charge in [-0.3, -0.25) is 0 Å². The lowest BCUT2D eigenvalue weighted by atomic mass is 10.5. The maximum atomic E-state index is 4.80. The van der Waals surface area contributed by atoms with Gasteiger partial charge in [0.1, 0.15) is 0 Å². The van der Waals surface area contributed by atoms with Gasteiger partial charge in [-0.25, -0.2) is 0 Å². The van der Waals surface area contributed by atoms with Gasteiger partial charge < -0.3 is 10.1 Å². The van der Waals surface area contributed by atoms with E-state index in [0.717, 1.165) is 19.6 Å². The van der Waals surface area contributed by atoms with E-state index in [-0.39, 0.29) is 0 Å². The number of rotatable bonds is 4. The summed E-state index contributed by atoms with van der Waals surface area (Å²) in [5.41, 5.74) is 0. The lowest BCUT2D eigenvalue weighted by Crippen LogP contribution is -2.09. The molecule has 0 aliphatic rings. The normalized spacial score (nSPS) is 9.43. The molecule has 0 aromatic carbocycles. The van der Waals surface area contributed by atoms with Gasteiger partial charge in [0.05, 0.1) is 0 Å². The van der Waals surface area contributed by atoms with E-state index >= 15 is 0 Å². The van der Waals surface area contributed by atoms with Crippen molar-refractivity contribution in [2.45, 2.75) is 6.42 Å². The Hall–Kier alpha value is -0.0800. The van der Waals surface area contributed by atoms with Gasteiger partial charge in [-0.15, -0.1) is 0 Å². The van der Waals surface area contributed by atoms with Crippen LogP contribution in [0.2, 0.25) is 0 Å². The number of ether oxygens (including phenoxy) is 1. The van der Waals surface area contributed by atoms with Crippen LogP contribution < -0.4 is 5.32 Å². The summed E-state index contributed by atoms with van der Waals surface area (Å²) in [5.74, 6) is 0. The molecule has 0 spiro atoms. The molecule has 7 heavy (non-hydrogen) atoms. The molecular weight excluding hydrogens is 90.1 g/mol. The van der Waals surface area contributed by atoms with Gasteiger partial charge >= 0.3 is 0 Å². The van der Waals surface area contributed by atoms with Crippen LogP contribution in [0.1, 0.15) is 6.42 Å². The summed E-state index contributed by atoms with van der Waals surface area (Å²) in [4.78, 5) is 0. The molecule has 2 nitrogen and oxygen atoms in total. The highest BCUT2D eigenvalue weighted by molar-refractivity contribution is 4.36. The van der Waals surface area contributed by atoms with Gasteiger partial charge in [0.2, 0.25) is 0 Å². The minimum Gasteiger partial charge on any atom is -0.385 e. The smallest absolute Gasteiger partial charge is 0.0474 e. The van der Waals surface area contributed by atoms with Crippen LogP contribution in [0.25, 0.3) is 0 Å². The van der Waals surface area contributed by atoms with Gasteiger partial charge in [-0.2, -0.15) is 0 Å². The van der Waals surface area contributed by atoms with E-state index in [0.29, 0.717) is 0 Å². The Balaban J connectivity index is 2.45. The van der Waals surface area contributed by atoms with Crippen LogP contribution >= 0.6 is 0 Å². The maximum Gasteiger partial charge on any atom is 0.0474 e. The standard InChI is InChI=1S/C5H13NO/c1-6-4-3-5-7-2/h6H,3-5H2,1-2H3. The van der Waals surface area contributed by atoms with Gasteiger partial charge in [0.25, 0.3) is 0 Å². The molecule has 0 unspecified atom stereocenters. The third-order valence-electron chi connectivity index (χ3n) is 0.775. The van der Waals surface area contributed by atoms with Crippen LogP contribution in [0.3, 0.4) is 0 Å². The van der Waals surface area contributed by atoms with E-state index in [2.05, 4.69) is 5.32 Å². The van der Waals surface area contributed by atoms with Crippen molar-refractivity contribution in [2.75, 3.05) is 27.3 Å². The van der Waals surface area contributed by atoms with Crippen molar-refractivity contribution < 1.29 is 4.74 Å². The monoisotopic (exact) mass is 103 g/mol. The molecule has 1 N–H and O–H groups in total. The van der Waals surface area contributed by atoms with Crippen molar-refractivity contribution in [1.82, 2.24) is 5.32 Å². The molecule has 0 aromatic heterocycles. The molecule has 0 aliphatic heterocycles. The quantitative estimate of drug-likeness (QED) is 0.515. The minimum absolute atomic E-state index is 0.862. The summed E-state index contributed by atoms with van der Waals surface area (Å²) < 4.78 is 4.80. The summed E-state index contributed by atoms with van der Waals surface area (Å²) in [6, 6.07) is 0. The van der Waals surface area contributed by atoms with Crippen LogP contribution in [-0.4, -0.2) is 27.3 Å². The number of hydrogen-bond acceptors (Lipinski definition) is 2. The van der Waals surface area contributed by atoms with Crippen LogP contribution in [-0.2, 0) is 4.74 Å². The van der Waals surface area contributed by atoms with Crippen molar-refractivity contribution in [3.05, 3.63) is 0 Å². The van der Waals surface area contributed by atoms with Crippen molar-refractivity contribution >= 4 is 0 Å². The van der Waals surface area contributed by atoms with Crippen molar-refractivity contribution in [3.8, 4) is 0 Å². The average Bonchev–Trinajstić information content (AvgIpc) is 1.69. The summed E-state index contributed by atoms with van der Waals surface area (Å²) in [6.07, 6.45) is 1.10. The Kier molecular flexibility index (Phi) is 5.85. The Labute approximate surface area is 44.9 Å². The number of methoxy groups -OCH3 is 1. The molecule has 2 heteroatoms. The Morgan fingerprint density at radius 1 is 1.57 bits per heavy atom. The van der Waals surface area contributed by atoms with E-state index in [1.54, 1.807) is 7.11 Å². The van der Waals surface area contributed by atoms with E-state index in [1.165, 1.54) is 0 Å². The first-order valence-corrected chi connectivity index (χ1v) is 2.55. The third kappa shape index (κ3) is 5.92. The number of nitrogens with one attached hydrogen (secondary N) is 1. The highest BCUT2D eigenvalue weighted by atomic mass is 16.5. The minimum atomic E-state index is 0.862. The topological polar surface area (TPSA) is 21.3 Å². The van der Waals surface area contributed by atoms with Crippen LogP contribution in [0.4, 0.5) is 0 Å². The largest absolute Gasteiger partial charge is 0.385 e. The molecule has 44 valence electrons. The molecule has 0 amide bonds. The maximum absolute atomic E-state index is 4.80. The second-order valence-electron chi connectivity index (χ2n) is 1.45. The molecule has 0 saturated carbocycles. The first-order valence-electron chi connectivity index (χ1n) is 2.55. The summed E-state index contributed by atoms with van der Waals surface area (Å²) in [5, 5.41) is 3.02. The highest BCUT2D eigenvalue weighted by Gasteiger charge is 1.78. The summed E-state index contributed by atoms with van der Waals surface area (Å²) in [6.45, 7) is 1.91. The first-order chi connectivity index (χ1) is 3.41. The fourth-order valence-electron chi connectivity index (χ4n) is 0.393. The summed E-state index contributed by atoms with van der Waals surface area (Å²) >= 11 is 0. The van der Waals surface area contributed by atoms with Crippen LogP contribution in [0.5, 0.6) is 0 Å². The third-order valence-corrected chi connectivity index (χ3v) is 0.775. The molecule has 0 aliphatic carbocycles. The van der Waals surface area contributed by atoms with Crippen molar-refractivity contribution in [1.29, 1.82) is 0 Å². The van der Waals surface area contributed by atoms with E-state index in [9.17, 15) is 0 Å². The molecule has 0 fully saturated rings. The van der Waals surface area contributed by atoms with Crippen molar-refractivity contribution in [3.63, 3.8) is 0 Å². The molecule has 0 aromatic rings. The molecule has 0 atom stereocenters. The predicted molar refractivity (Wildman–Crippen MR) is 30.4 cm³/mol. The van der Waals surface area contributed by atoms with E-state index in [1.807, 2.05) is 7.05 Å². The SMILES string of the molecule is CNCCCOC. The fourth-order valence-corrected chi connectivity index (χ4v) is 0.393. The average molecular weight is 103 g/mol. The predicted octanol–water partition coefficient (Wildman–Crippen LogP) is 0.242. The van der Waals surface area contributed by atoms with E-state index in [4.69, 9.17) is 4.74 Å². The Morgan fingerprint density at radius 3 is 2.71 bits per heavy atom. The highest BCUT2D eigenvalue weighted by Crippen LogP contribution is 1.73.